The summed E-state index contributed by atoms with van der Waals surface area (Å²) in [4.78, 5) is 0.470. The molecule has 0 aliphatic carbocycles. The molecule has 2 nitrogen and oxygen atoms in total. The van der Waals surface area contributed by atoms with E-state index in [-0.39, 0.29) is 0 Å². The van der Waals surface area contributed by atoms with Gasteiger partial charge < -0.3 is 4.55 Å². The zero-order valence-electron chi connectivity index (χ0n) is 8.56. The molecule has 1 rings (SSSR count). The second-order valence-corrected chi connectivity index (χ2v) is 4.48. The summed E-state index contributed by atoms with van der Waals surface area (Å²) in [6.45, 7) is 4.34. The highest BCUT2D eigenvalue weighted by Gasteiger charge is 2.05. The van der Waals surface area contributed by atoms with Crippen LogP contribution in [0, 0.1) is 0 Å². The van der Waals surface area contributed by atoms with E-state index in [1.165, 1.54) is 5.56 Å². The van der Waals surface area contributed by atoms with E-state index in [2.05, 4.69) is 13.8 Å². The van der Waals surface area contributed by atoms with Gasteiger partial charge in [0.2, 0.25) is 0 Å². The molecule has 0 spiro atoms. The minimum Gasteiger partial charge on any atom is -0.302 e. The lowest BCUT2D eigenvalue weighted by Gasteiger charge is -2.10. The Kier molecular flexibility index (Phi) is 4.29. The van der Waals surface area contributed by atoms with Crippen LogP contribution in [0.1, 0.15) is 38.2 Å². The monoisotopic (exact) mass is 212 g/mol. The summed E-state index contributed by atoms with van der Waals surface area (Å²) in [7, 11) is 0. The highest BCUT2D eigenvalue weighted by molar-refractivity contribution is 7.79. The van der Waals surface area contributed by atoms with Gasteiger partial charge in [-0.1, -0.05) is 32.4 Å². The normalized spacial score (nSPS) is 15.1. The molecule has 0 amide bonds. The molecule has 1 N–H and O–H groups in total. The zero-order chi connectivity index (χ0) is 10.6. The molecule has 78 valence electrons. The SMILES string of the molecule is CCCC(C)c1ccc(S(=O)O)cc1. The third-order valence-electron chi connectivity index (χ3n) is 2.37. The van der Waals surface area contributed by atoms with Crippen LogP contribution in [0.5, 0.6) is 0 Å². The van der Waals surface area contributed by atoms with Gasteiger partial charge in [-0.15, -0.1) is 0 Å². The van der Waals surface area contributed by atoms with Gasteiger partial charge in [-0.25, -0.2) is 4.21 Å². The summed E-state index contributed by atoms with van der Waals surface area (Å²) in [5, 5.41) is 0. The average Bonchev–Trinajstić information content (AvgIpc) is 2.18. The van der Waals surface area contributed by atoms with Crippen molar-refractivity contribution in [3.05, 3.63) is 29.8 Å². The number of hydrogen-bond acceptors (Lipinski definition) is 1. The first-order valence-corrected chi connectivity index (χ1v) is 5.96. The maximum Gasteiger partial charge on any atom is 0.186 e. The largest absolute Gasteiger partial charge is 0.302 e. The maximum atomic E-state index is 10.7. The van der Waals surface area contributed by atoms with Crippen molar-refractivity contribution in [1.82, 2.24) is 0 Å². The summed E-state index contributed by atoms with van der Waals surface area (Å²) in [6, 6.07) is 7.31. The van der Waals surface area contributed by atoms with E-state index in [0.717, 1.165) is 12.8 Å². The Bertz CT molecular complexity index is 306. The van der Waals surface area contributed by atoms with E-state index in [9.17, 15) is 4.21 Å². The van der Waals surface area contributed by atoms with Crippen LogP contribution in [0.15, 0.2) is 29.2 Å². The first-order chi connectivity index (χ1) is 6.65. The Morgan fingerprint density at radius 3 is 2.36 bits per heavy atom. The van der Waals surface area contributed by atoms with Crippen molar-refractivity contribution in [2.45, 2.75) is 37.5 Å². The van der Waals surface area contributed by atoms with E-state index in [4.69, 9.17) is 4.55 Å². The molecule has 1 aromatic rings. The molecule has 3 heteroatoms. The second kappa shape index (κ2) is 5.27. The smallest absolute Gasteiger partial charge is 0.186 e. The van der Waals surface area contributed by atoms with Gasteiger partial charge in [0, 0.05) is 0 Å². The van der Waals surface area contributed by atoms with Crippen LogP contribution >= 0.6 is 0 Å². The van der Waals surface area contributed by atoms with Crippen molar-refractivity contribution in [3.8, 4) is 0 Å². The van der Waals surface area contributed by atoms with Gasteiger partial charge in [-0.05, 0) is 30.0 Å². The molecule has 0 aliphatic heterocycles. The average molecular weight is 212 g/mol. The molecule has 2 unspecified atom stereocenters. The Hall–Kier alpha value is -0.670. The van der Waals surface area contributed by atoms with Crippen LogP contribution < -0.4 is 0 Å². The Morgan fingerprint density at radius 1 is 1.36 bits per heavy atom. The Balaban J connectivity index is 2.77. The van der Waals surface area contributed by atoms with Crippen molar-refractivity contribution >= 4 is 11.1 Å². The van der Waals surface area contributed by atoms with Gasteiger partial charge in [0.05, 0.1) is 4.90 Å². The van der Waals surface area contributed by atoms with E-state index in [1.54, 1.807) is 12.1 Å². The third-order valence-corrected chi connectivity index (χ3v) is 3.05. The Labute approximate surface area is 87.6 Å². The molecule has 2 atom stereocenters. The third kappa shape index (κ3) is 2.93. The molecular weight excluding hydrogens is 196 g/mol. The first-order valence-electron chi connectivity index (χ1n) is 4.86. The number of benzene rings is 1. The van der Waals surface area contributed by atoms with Crippen LogP contribution in [-0.4, -0.2) is 8.76 Å². The first kappa shape index (κ1) is 11.4. The molecule has 0 saturated carbocycles. The summed E-state index contributed by atoms with van der Waals surface area (Å²) in [5.74, 6) is 0.529. The summed E-state index contributed by atoms with van der Waals surface area (Å²) < 4.78 is 19.5. The van der Waals surface area contributed by atoms with Crippen molar-refractivity contribution in [3.63, 3.8) is 0 Å². The van der Waals surface area contributed by atoms with Crippen molar-refractivity contribution in [1.29, 1.82) is 0 Å². The number of rotatable bonds is 4. The van der Waals surface area contributed by atoms with Gasteiger partial charge in [0.15, 0.2) is 11.1 Å². The molecule has 0 bridgehead atoms. The zero-order valence-corrected chi connectivity index (χ0v) is 9.38. The topological polar surface area (TPSA) is 37.3 Å². The molecule has 0 radical (unpaired) electrons. The molecule has 0 saturated heterocycles. The molecule has 0 aliphatic rings. The minimum absolute atomic E-state index is 0.470. The molecule has 1 aromatic carbocycles. The number of hydrogen-bond donors (Lipinski definition) is 1. The maximum absolute atomic E-state index is 10.7. The quantitative estimate of drug-likeness (QED) is 0.778. The van der Waals surface area contributed by atoms with Crippen LogP contribution in [0.4, 0.5) is 0 Å². The summed E-state index contributed by atoms with van der Waals surface area (Å²) in [5.41, 5.74) is 1.24. The van der Waals surface area contributed by atoms with Gasteiger partial charge in [-0.2, -0.15) is 0 Å². The predicted octanol–water partition coefficient (Wildman–Crippen LogP) is 3.17. The molecule has 0 aromatic heterocycles. The van der Waals surface area contributed by atoms with E-state index in [1.807, 2.05) is 12.1 Å². The van der Waals surface area contributed by atoms with Gasteiger partial charge >= 0.3 is 0 Å². The fourth-order valence-corrected chi connectivity index (χ4v) is 1.88. The van der Waals surface area contributed by atoms with E-state index >= 15 is 0 Å². The van der Waals surface area contributed by atoms with Gasteiger partial charge in [-0.3, -0.25) is 0 Å². The van der Waals surface area contributed by atoms with Crippen LogP contribution in [0.2, 0.25) is 0 Å². The van der Waals surface area contributed by atoms with Crippen molar-refractivity contribution in [2.24, 2.45) is 0 Å². The lowest BCUT2D eigenvalue weighted by Crippen LogP contribution is -1.94. The molecule has 14 heavy (non-hydrogen) atoms. The summed E-state index contributed by atoms with van der Waals surface area (Å²) in [6.07, 6.45) is 2.32. The second-order valence-electron chi connectivity index (χ2n) is 3.51. The fraction of sp³-hybridized carbons (Fsp3) is 0.455. The predicted molar refractivity (Wildman–Crippen MR) is 58.8 cm³/mol. The van der Waals surface area contributed by atoms with Crippen molar-refractivity contribution < 1.29 is 8.76 Å². The highest BCUT2D eigenvalue weighted by Crippen LogP contribution is 2.21. The summed E-state index contributed by atoms with van der Waals surface area (Å²) >= 11 is -1.85. The van der Waals surface area contributed by atoms with Crippen molar-refractivity contribution in [2.75, 3.05) is 0 Å². The van der Waals surface area contributed by atoms with E-state index < -0.39 is 11.1 Å². The minimum atomic E-state index is -1.85. The van der Waals surface area contributed by atoms with Crippen LogP contribution in [0.3, 0.4) is 0 Å². The highest BCUT2D eigenvalue weighted by atomic mass is 32.2. The molecular formula is C11H16O2S. The van der Waals surface area contributed by atoms with Gasteiger partial charge in [0.25, 0.3) is 0 Å². The molecule has 0 fully saturated rings. The van der Waals surface area contributed by atoms with Gasteiger partial charge in [0.1, 0.15) is 0 Å². The standard InChI is InChI=1S/C11H16O2S/c1-3-4-9(2)10-5-7-11(8-6-10)14(12)13/h5-9H,3-4H2,1-2H3,(H,12,13). The fourth-order valence-electron chi connectivity index (χ4n) is 1.51. The lowest BCUT2D eigenvalue weighted by atomic mass is 9.97. The lowest BCUT2D eigenvalue weighted by molar-refractivity contribution is 0.564. The Morgan fingerprint density at radius 2 is 1.93 bits per heavy atom. The van der Waals surface area contributed by atoms with Crippen LogP contribution in [-0.2, 0) is 11.1 Å². The molecule has 0 heterocycles. The van der Waals surface area contributed by atoms with Crippen LogP contribution in [0.25, 0.3) is 0 Å². The van der Waals surface area contributed by atoms with E-state index in [0.29, 0.717) is 10.8 Å².